The highest BCUT2D eigenvalue weighted by Crippen LogP contribution is 2.43. The summed E-state index contributed by atoms with van der Waals surface area (Å²) in [7, 11) is 1.52. The van der Waals surface area contributed by atoms with Crippen molar-refractivity contribution in [2.75, 3.05) is 7.11 Å². The number of nitrogens with zero attached hydrogens (tertiary/aromatic N) is 1. The van der Waals surface area contributed by atoms with E-state index in [0.717, 1.165) is 0 Å². The Labute approximate surface area is 167 Å². The van der Waals surface area contributed by atoms with Crippen molar-refractivity contribution in [1.29, 1.82) is 0 Å². The number of benzene rings is 2. The van der Waals surface area contributed by atoms with Gasteiger partial charge in [0, 0.05) is 11.1 Å². The normalized spacial score (nSPS) is 18.2. The van der Waals surface area contributed by atoms with Gasteiger partial charge in [0.2, 0.25) is 0 Å². The summed E-state index contributed by atoms with van der Waals surface area (Å²) in [6.45, 7) is 0.0891. The highest BCUT2D eigenvalue weighted by molar-refractivity contribution is 6.46. The van der Waals surface area contributed by atoms with Crippen LogP contribution in [0.2, 0.25) is 0 Å². The summed E-state index contributed by atoms with van der Waals surface area (Å²) in [6.07, 6.45) is 1.51. The van der Waals surface area contributed by atoms with Crippen LogP contribution in [0.4, 0.5) is 0 Å². The van der Waals surface area contributed by atoms with Crippen LogP contribution in [0.15, 0.2) is 83.0 Å². The molecule has 6 heteroatoms. The molecule has 1 saturated heterocycles. The van der Waals surface area contributed by atoms with Crippen LogP contribution in [0.25, 0.3) is 5.76 Å². The standard InChI is InChI=1S/C23H19NO5/c1-28-18-12-6-5-11-17(18)20-19(21(25)15-8-3-2-4-9-15)22(26)23(27)24(20)14-16-10-7-13-29-16/h2-13,20,25H,14H2,1H3/b21-19+/t20-/m0/s1. The Bertz CT molecular complexity index is 1070. The number of ether oxygens (including phenoxy) is 1. The molecular weight excluding hydrogens is 370 g/mol. The molecule has 0 unspecified atom stereocenters. The third-order valence-corrected chi connectivity index (χ3v) is 4.93. The van der Waals surface area contributed by atoms with Crippen molar-refractivity contribution in [2.45, 2.75) is 12.6 Å². The molecule has 0 radical (unpaired) electrons. The molecule has 3 aromatic rings. The molecule has 1 aromatic heterocycles. The summed E-state index contributed by atoms with van der Waals surface area (Å²) >= 11 is 0. The molecular formula is C23H19NO5. The van der Waals surface area contributed by atoms with Crippen LogP contribution in [-0.4, -0.2) is 28.8 Å². The maximum atomic E-state index is 13.0. The minimum absolute atomic E-state index is 0.0252. The Hall–Kier alpha value is -3.80. The van der Waals surface area contributed by atoms with Gasteiger partial charge in [0.25, 0.3) is 11.7 Å². The van der Waals surface area contributed by atoms with Gasteiger partial charge in [0.15, 0.2) is 0 Å². The van der Waals surface area contributed by atoms with Gasteiger partial charge in [-0.1, -0.05) is 48.5 Å². The van der Waals surface area contributed by atoms with Crippen LogP contribution < -0.4 is 4.74 Å². The quantitative estimate of drug-likeness (QED) is 0.407. The Balaban J connectivity index is 1.91. The molecule has 2 aromatic carbocycles. The predicted octanol–water partition coefficient (Wildman–Crippen LogP) is 3.91. The van der Waals surface area contributed by atoms with Gasteiger partial charge < -0.3 is 19.2 Å². The number of Topliss-reactive ketones (excluding diaryl/α,β-unsaturated/α-hetero) is 1. The second-order valence-corrected chi connectivity index (χ2v) is 6.61. The monoisotopic (exact) mass is 389 g/mol. The van der Waals surface area contributed by atoms with Crippen LogP contribution in [0.1, 0.15) is 22.9 Å². The molecule has 1 amide bonds. The molecule has 0 aliphatic carbocycles. The number of para-hydroxylation sites is 1. The number of aliphatic hydroxyl groups excluding tert-OH is 1. The van der Waals surface area contributed by atoms with Gasteiger partial charge >= 0.3 is 0 Å². The van der Waals surface area contributed by atoms with Crippen LogP contribution >= 0.6 is 0 Å². The second kappa shape index (κ2) is 7.67. The van der Waals surface area contributed by atoms with Crippen LogP contribution in [-0.2, 0) is 16.1 Å². The molecule has 0 saturated carbocycles. The summed E-state index contributed by atoms with van der Waals surface area (Å²) in [6, 6.07) is 18.5. The molecule has 1 aliphatic heterocycles. The third-order valence-electron chi connectivity index (χ3n) is 4.93. The lowest BCUT2D eigenvalue weighted by Gasteiger charge is -2.25. The first-order chi connectivity index (χ1) is 14.1. The second-order valence-electron chi connectivity index (χ2n) is 6.61. The van der Waals surface area contributed by atoms with E-state index in [2.05, 4.69) is 0 Å². The average Bonchev–Trinajstić information content (AvgIpc) is 3.36. The summed E-state index contributed by atoms with van der Waals surface area (Å²) in [5.41, 5.74) is 1.10. The Kier molecular flexibility index (Phi) is 4.91. The fourth-order valence-corrected chi connectivity index (χ4v) is 3.58. The molecule has 1 N–H and O–H groups in total. The van der Waals surface area contributed by atoms with Gasteiger partial charge in [0.05, 0.1) is 31.5 Å². The van der Waals surface area contributed by atoms with Crippen molar-refractivity contribution in [2.24, 2.45) is 0 Å². The number of carbonyl (C=O) groups is 2. The SMILES string of the molecule is COc1ccccc1[C@H]1/C(=C(\O)c2ccccc2)C(=O)C(=O)N1Cc1ccco1. The van der Waals surface area contributed by atoms with E-state index in [4.69, 9.17) is 9.15 Å². The molecule has 0 bridgehead atoms. The largest absolute Gasteiger partial charge is 0.507 e. The van der Waals surface area contributed by atoms with E-state index >= 15 is 0 Å². The van der Waals surface area contributed by atoms with Crippen molar-refractivity contribution < 1.29 is 23.8 Å². The highest BCUT2D eigenvalue weighted by atomic mass is 16.5. The number of amides is 1. The van der Waals surface area contributed by atoms with Gasteiger partial charge in [-0.3, -0.25) is 9.59 Å². The zero-order chi connectivity index (χ0) is 20.4. The molecule has 29 heavy (non-hydrogen) atoms. The average molecular weight is 389 g/mol. The Morgan fingerprint density at radius 3 is 2.45 bits per heavy atom. The van der Waals surface area contributed by atoms with Gasteiger partial charge in [-0.25, -0.2) is 0 Å². The molecule has 1 fully saturated rings. The van der Waals surface area contributed by atoms with Crippen LogP contribution in [0.3, 0.4) is 0 Å². The van der Waals surface area contributed by atoms with Crippen molar-refractivity contribution >= 4 is 17.4 Å². The molecule has 1 atom stereocenters. The van der Waals surface area contributed by atoms with E-state index < -0.39 is 17.7 Å². The molecule has 0 spiro atoms. The van der Waals surface area contributed by atoms with Crippen molar-refractivity contribution in [3.8, 4) is 5.75 Å². The molecule has 4 rings (SSSR count). The number of likely N-dealkylation sites (tertiary alicyclic amines) is 1. The van der Waals surface area contributed by atoms with Gasteiger partial charge in [0.1, 0.15) is 17.3 Å². The maximum Gasteiger partial charge on any atom is 0.296 e. The minimum Gasteiger partial charge on any atom is -0.507 e. The van der Waals surface area contributed by atoms with Crippen molar-refractivity contribution in [1.82, 2.24) is 4.90 Å². The lowest BCUT2D eigenvalue weighted by atomic mass is 9.94. The van der Waals surface area contributed by atoms with E-state index in [1.807, 2.05) is 6.07 Å². The predicted molar refractivity (Wildman–Crippen MR) is 106 cm³/mol. The van der Waals surface area contributed by atoms with Gasteiger partial charge in [-0.15, -0.1) is 0 Å². The summed E-state index contributed by atoms with van der Waals surface area (Å²) < 4.78 is 10.9. The lowest BCUT2D eigenvalue weighted by Crippen LogP contribution is -2.29. The van der Waals surface area contributed by atoms with E-state index in [9.17, 15) is 14.7 Å². The van der Waals surface area contributed by atoms with E-state index in [-0.39, 0.29) is 17.9 Å². The first-order valence-corrected chi connectivity index (χ1v) is 9.11. The molecule has 2 heterocycles. The number of hydrogen-bond donors (Lipinski definition) is 1. The number of methoxy groups -OCH3 is 1. The minimum atomic E-state index is -0.809. The van der Waals surface area contributed by atoms with E-state index in [0.29, 0.717) is 22.6 Å². The first-order valence-electron chi connectivity index (χ1n) is 9.11. The summed E-state index contributed by atoms with van der Waals surface area (Å²) in [4.78, 5) is 27.3. The number of rotatable bonds is 5. The number of furan rings is 1. The molecule has 146 valence electrons. The zero-order valence-electron chi connectivity index (χ0n) is 15.7. The zero-order valence-corrected chi connectivity index (χ0v) is 15.7. The number of carbonyl (C=O) groups excluding carboxylic acids is 2. The maximum absolute atomic E-state index is 13.0. The van der Waals surface area contributed by atoms with E-state index in [1.165, 1.54) is 18.3 Å². The first kappa shape index (κ1) is 18.6. The van der Waals surface area contributed by atoms with E-state index in [1.54, 1.807) is 60.7 Å². The Morgan fingerprint density at radius 1 is 1.03 bits per heavy atom. The van der Waals surface area contributed by atoms with Crippen molar-refractivity contribution in [3.63, 3.8) is 0 Å². The van der Waals surface area contributed by atoms with Crippen LogP contribution in [0.5, 0.6) is 5.75 Å². The Morgan fingerprint density at radius 2 is 1.76 bits per heavy atom. The topological polar surface area (TPSA) is 80.0 Å². The summed E-state index contributed by atoms with van der Waals surface area (Å²) in [5, 5.41) is 11.0. The number of aliphatic hydroxyl groups is 1. The lowest BCUT2D eigenvalue weighted by molar-refractivity contribution is -0.140. The third kappa shape index (κ3) is 3.29. The molecule has 6 nitrogen and oxygen atoms in total. The summed E-state index contributed by atoms with van der Waals surface area (Å²) in [5.74, 6) is -0.611. The van der Waals surface area contributed by atoms with Crippen LogP contribution in [0, 0.1) is 0 Å². The molecule has 1 aliphatic rings. The number of ketones is 1. The van der Waals surface area contributed by atoms with Gasteiger partial charge in [-0.2, -0.15) is 0 Å². The number of hydrogen-bond acceptors (Lipinski definition) is 5. The fourth-order valence-electron chi connectivity index (χ4n) is 3.58. The van der Waals surface area contributed by atoms with Crippen molar-refractivity contribution in [3.05, 3.63) is 95.5 Å². The highest BCUT2D eigenvalue weighted by Gasteiger charge is 2.47. The van der Waals surface area contributed by atoms with Gasteiger partial charge in [-0.05, 0) is 18.2 Å². The fraction of sp³-hybridized carbons (Fsp3) is 0.130. The smallest absolute Gasteiger partial charge is 0.296 e.